The molecule has 0 aliphatic heterocycles. The lowest BCUT2D eigenvalue weighted by Gasteiger charge is -2.24. The summed E-state index contributed by atoms with van der Waals surface area (Å²) in [6, 6.07) is 0. The minimum atomic E-state index is -3.45. The molecule has 0 bridgehead atoms. The lowest BCUT2D eigenvalue weighted by atomic mass is 10.0. The summed E-state index contributed by atoms with van der Waals surface area (Å²) in [5.41, 5.74) is -0.364. The van der Waals surface area contributed by atoms with Crippen LogP contribution in [0.3, 0.4) is 0 Å². The number of carboxylic acid groups (broad SMARTS) is 1. The van der Waals surface area contributed by atoms with Crippen molar-refractivity contribution >= 4 is 16.0 Å². The minimum absolute atomic E-state index is 0.335. The Bertz CT molecular complexity index is 330. The monoisotopic (exact) mass is 235 g/mol. The Morgan fingerprint density at radius 2 is 1.93 bits per heavy atom. The number of rotatable bonds is 5. The molecule has 88 valence electrons. The molecule has 0 atom stereocenters. The van der Waals surface area contributed by atoms with Crippen LogP contribution in [0.2, 0.25) is 0 Å². The third-order valence-corrected chi connectivity index (χ3v) is 4.24. The lowest BCUT2D eigenvalue weighted by Crippen LogP contribution is -2.44. The molecule has 1 saturated carbocycles. The Labute approximate surface area is 89.9 Å². The molecule has 0 saturated heterocycles. The maximum atomic E-state index is 11.5. The predicted molar refractivity (Wildman–Crippen MR) is 56.0 cm³/mol. The SMILES string of the molecule is CC1(NS(=O)(=O)CCC(=O)O)CCCC1. The summed E-state index contributed by atoms with van der Waals surface area (Å²) in [7, 11) is -3.45. The van der Waals surface area contributed by atoms with Gasteiger partial charge < -0.3 is 5.11 Å². The van der Waals surface area contributed by atoms with Crippen LogP contribution in [-0.4, -0.2) is 30.8 Å². The lowest BCUT2D eigenvalue weighted by molar-refractivity contribution is -0.136. The third kappa shape index (κ3) is 4.17. The smallest absolute Gasteiger partial charge is 0.304 e. The van der Waals surface area contributed by atoms with Gasteiger partial charge in [0.2, 0.25) is 10.0 Å². The van der Waals surface area contributed by atoms with Gasteiger partial charge in [0.05, 0.1) is 12.2 Å². The maximum absolute atomic E-state index is 11.5. The molecule has 0 aromatic rings. The molecule has 6 heteroatoms. The maximum Gasteiger partial charge on any atom is 0.304 e. The molecular formula is C9H17NO4S. The molecule has 15 heavy (non-hydrogen) atoms. The van der Waals surface area contributed by atoms with Gasteiger partial charge in [-0.1, -0.05) is 12.8 Å². The fourth-order valence-electron chi connectivity index (χ4n) is 1.91. The summed E-state index contributed by atoms with van der Waals surface area (Å²) >= 11 is 0. The van der Waals surface area contributed by atoms with Crippen molar-refractivity contribution in [1.82, 2.24) is 4.72 Å². The van der Waals surface area contributed by atoms with Gasteiger partial charge in [0.1, 0.15) is 0 Å². The number of hydrogen-bond donors (Lipinski definition) is 2. The van der Waals surface area contributed by atoms with Crippen LogP contribution < -0.4 is 4.72 Å². The van der Waals surface area contributed by atoms with Gasteiger partial charge in [-0.15, -0.1) is 0 Å². The van der Waals surface area contributed by atoms with E-state index in [1.165, 1.54) is 0 Å². The second-order valence-electron chi connectivity index (χ2n) is 4.33. The van der Waals surface area contributed by atoms with E-state index in [4.69, 9.17) is 5.11 Å². The van der Waals surface area contributed by atoms with E-state index in [1.54, 1.807) is 0 Å². The standard InChI is InChI=1S/C9H17NO4S/c1-9(5-2-3-6-9)10-15(13,14)7-4-8(11)12/h10H,2-7H2,1H3,(H,11,12). The van der Waals surface area contributed by atoms with Crippen molar-refractivity contribution in [2.45, 2.75) is 44.6 Å². The zero-order chi connectivity index (χ0) is 11.5. The summed E-state index contributed by atoms with van der Waals surface area (Å²) in [5.74, 6) is -1.42. The fraction of sp³-hybridized carbons (Fsp3) is 0.889. The van der Waals surface area contributed by atoms with Crippen LogP contribution in [0.4, 0.5) is 0 Å². The van der Waals surface area contributed by atoms with Crippen LogP contribution in [0, 0.1) is 0 Å². The van der Waals surface area contributed by atoms with E-state index in [9.17, 15) is 13.2 Å². The fourth-order valence-corrected chi connectivity index (χ4v) is 3.41. The van der Waals surface area contributed by atoms with Gasteiger partial charge in [-0.2, -0.15) is 0 Å². The topological polar surface area (TPSA) is 83.5 Å². The molecule has 2 N–H and O–H groups in total. The Hall–Kier alpha value is -0.620. The van der Waals surface area contributed by atoms with E-state index in [-0.39, 0.29) is 17.7 Å². The average molecular weight is 235 g/mol. The number of sulfonamides is 1. The Morgan fingerprint density at radius 1 is 1.40 bits per heavy atom. The molecular weight excluding hydrogens is 218 g/mol. The molecule has 1 fully saturated rings. The van der Waals surface area contributed by atoms with Crippen molar-refractivity contribution in [2.75, 3.05) is 5.75 Å². The summed E-state index contributed by atoms with van der Waals surface area (Å²) in [4.78, 5) is 10.3. The van der Waals surface area contributed by atoms with E-state index in [2.05, 4.69) is 4.72 Å². The molecule has 1 aliphatic carbocycles. The zero-order valence-corrected chi connectivity index (χ0v) is 9.64. The number of aliphatic carboxylic acids is 1. The number of nitrogens with one attached hydrogen (secondary N) is 1. The van der Waals surface area contributed by atoms with Gasteiger partial charge in [0.15, 0.2) is 0 Å². The van der Waals surface area contributed by atoms with Crippen LogP contribution in [0.1, 0.15) is 39.0 Å². The first-order chi connectivity index (χ1) is 6.83. The van der Waals surface area contributed by atoms with E-state index in [1.807, 2.05) is 6.92 Å². The van der Waals surface area contributed by atoms with Crippen LogP contribution >= 0.6 is 0 Å². The van der Waals surface area contributed by atoms with Crippen LogP contribution in [0.15, 0.2) is 0 Å². The Kier molecular flexibility index (Phi) is 3.72. The third-order valence-electron chi connectivity index (χ3n) is 2.69. The first-order valence-corrected chi connectivity index (χ1v) is 6.72. The van der Waals surface area contributed by atoms with Crippen LogP contribution in [0.25, 0.3) is 0 Å². The zero-order valence-electron chi connectivity index (χ0n) is 8.82. The molecule has 0 aromatic carbocycles. The molecule has 0 radical (unpaired) electrons. The minimum Gasteiger partial charge on any atom is -0.481 e. The molecule has 0 amide bonds. The van der Waals surface area contributed by atoms with Crippen molar-refractivity contribution in [1.29, 1.82) is 0 Å². The summed E-state index contributed by atoms with van der Waals surface area (Å²) in [6.07, 6.45) is 3.37. The summed E-state index contributed by atoms with van der Waals surface area (Å²) in [6.45, 7) is 1.87. The van der Waals surface area contributed by atoms with Gasteiger partial charge in [-0.05, 0) is 19.8 Å². The van der Waals surface area contributed by atoms with Crippen molar-refractivity contribution in [3.05, 3.63) is 0 Å². The highest BCUT2D eigenvalue weighted by Gasteiger charge is 2.32. The van der Waals surface area contributed by atoms with Gasteiger partial charge in [0.25, 0.3) is 0 Å². The molecule has 0 unspecified atom stereocenters. The summed E-state index contributed by atoms with van der Waals surface area (Å²) < 4.78 is 25.6. The molecule has 0 aromatic heterocycles. The first-order valence-electron chi connectivity index (χ1n) is 5.06. The normalized spacial score (nSPS) is 20.3. The Morgan fingerprint density at radius 3 is 2.40 bits per heavy atom. The molecule has 1 rings (SSSR count). The highest BCUT2D eigenvalue weighted by atomic mass is 32.2. The van der Waals surface area contributed by atoms with Crippen molar-refractivity contribution in [3.8, 4) is 0 Å². The number of carboxylic acids is 1. The van der Waals surface area contributed by atoms with Crippen molar-refractivity contribution < 1.29 is 18.3 Å². The quantitative estimate of drug-likeness (QED) is 0.735. The molecule has 0 heterocycles. The van der Waals surface area contributed by atoms with Crippen LogP contribution in [0.5, 0.6) is 0 Å². The van der Waals surface area contributed by atoms with Gasteiger partial charge in [0, 0.05) is 5.54 Å². The van der Waals surface area contributed by atoms with E-state index in [0.29, 0.717) is 0 Å². The molecule has 1 aliphatic rings. The second kappa shape index (κ2) is 4.49. The summed E-state index contributed by atoms with van der Waals surface area (Å²) in [5, 5.41) is 8.41. The predicted octanol–water partition coefficient (Wildman–Crippen LogP) is 0.713. The van der Waals surface area contributed by atoms with E-state index in [0.717, 1.165) is 25.7 Å². The first kappa shape index (κ1) is 12.4. The number of hydrogen-bond acceptors (Lipinski definition) is 3. The number of carbonyl (C=O) groups is 1. The Balaban J connectivity index is 2.52. The van der Waals surface area contributed by atoms with Gasteiger partial charge in [-0.25, -0.2) is 13.1 Å². The van der Waals surface area contributed by atoms with E-state index >= 15 is 0 Å². The molecule has 5 nitrogen and oxygen atoms in total. The molecule has 0 spiro atoms. The second-order valence-corrected chi connectivity index (χ2v) is 6.17. The highest BCUT2D eigenvalue weighted by Crippen LogP contribution is 2.29. The highest BCUT2D eigenvalue weighted by molar-refractivity contribution is 7.89. The van der Waals surface area contributed by atoms with E-state index < -0.39 is 16.0 Å². The van der Waals surface area contributed by atoms with Gasteiger partial charge >= 0.3 is 5.97 Å². The average Bonchev–Trinajstić information content (AvgIpc) is 2.47. The van der Waals surface area contributed by atoms with Crippen LogP contribution in [-0.2, 0) is 14.8 Å². The van der Waals surface area contributed by atoms with Gasteiger partial charge in [-0.3, -0.25) is 4.79 Å². The largest absolute Gasteiger partial charge is 0.481 e. The van der Waals surface area contributed by atoms with Crippen molar-refractivity contribution in [3.63, 3.8) is 0 Å². The van der Waals surface area contributed by atoms with Crippen molar-refractivity contribution in [2.24, 2.45) is 0 Å².